The van der Waals surface area contributed by atoms with Crippen molar-refractivity contribution in [3.63, 3.8) is 0 Å². The van der Waals surface area contributed by atoms with Crippen LogP contribution in [0.1, 0.15) is 37.0 Å². The third-order valence-electron chi connectivity index (χ3n) is 4.29. The van der Waals surface area contributed by atoms with Gasteiger partial charge in [0.1, 0.15) is 5.82 Å². The lowest BCUT2D eigenvalue weighted by Crippen LogP contribution is -2.38. The fraction of sp³-hybridized carbons (Fsp3) is 0.500. The summed E-state index contributed by atoms with van der Waals surface area (Å²) in [5.41, 5.74) is 1.16. The van der Waals surface area contributed by atoms with Crippen LogP contribution in [0.25, 0.3) is 0 Å². The predicted octanol–water partition coefficient (Wildman–Crippen LogP) is 2.18. The number of carbonyl (C=O) groups is 1. The fourth-order valence-corrected chi connectivity index (χ4v) is 2.94. The van der Waals surface area contributed by atoms with Crippen molar-refractivity contribution in [2.45, 2.75) is 45.9 Å². The van der Waals surface area contributed by atoms with Crippen LogP contribution in [0.2, 0.25) is 0 Å². The maximum atomic E-state index is 12.3. The Balaban J connectivity index is 1.38. The minimum absolute atomic E-state index is 0.172. The number of benzene rings is 1. The van der Waals surface area contributed by atoms with Gasteiger partial charge in [0.2, 0.25) is 5.91 Å². The topological polar surface area (TPSA) is 60.2 Å². The Morgan fingerprint density at radius 1 is 1.21 bits per heavy atom. The van der Waals surface area contributed by atoms with Crippen LogP contribution in [0.5, 0.6) is 0 Å². The summed E-state index contributed by atoms with van der Waals surface area (Å²) in [7, 11) is 0. The predicted molar refractivity (Wildman–Crippen MR) is 90.1 cm³/mol. The van der Waals surface area contributed by atoms with Gasteiger partial charge in [-0.2, -0.15) is 0 Å². The smallest absolute Gasteiger partial charge is 0.223 e. The molecule has 0 spiro atoms. The molecule has 2 aromatic rings. The molecule has 1 amide bonds. The van der Waals surface area contributed by atoms with Gasteiger partial charge in [0.25, 0.3) is 0 Å². The van der Waals surface area contributed by atoms with Crippen LogP contribution in [0.3, 0.4) is 0 Å². The molecule has 1 aromatic carbocycles. The lowest BCUT2D eigenvalue weighted by molar-refractivity contribution is -0.133. The molecule has 0 aliphatic carbocycles. The van der Waals surface area contributed by atoms with Crippen LogP contribution in [-0.2, 0) is 35.6 Å². The van der Waals surface area contributed by atoms with Crippen LogP contribution in [-0.4, -0.2) is 38.7 Å². The first-order chi connectivity index (χ1) is 11.8. The Labute approximate surface area is 142 Å². The molecule has 1 aliphatic heterocycles. The summed E-state index contributed by atoms with van der Waals surface area (Å²) in [6, 6.07) is 10.1. The van der Waals surface area contributed by atoms with Gasteiger partial charge in [0.15, 0.2) is 5.82 Å². The molecule has 0 bridgehead atoms. The number of hydrogen-bond donors (Lipinski definition) is 0. The second-order valence-electron chi connectivity index (χ2n) is 5.99. The number of rotatable bonds is 7. The highest BCUT2D eigenvalue weighted by Crippen LogP contribution is 2.14. The van der Waals surface area contributed by atoms with Gasteiger partial charge in [-0.3, -0.25) is 4.79 Å². The number of aryl methyl sites for hydroxylation is 1. The van der Waals surface area contributed by atoms with Crippen LogP contribution in [0.4, 0.5) is 0 Å². The number of amides is 1. The van der Waals surface area contributed by atoms with Crippen molar-refractivity contribution in [2.24, 2.45) is 0 Å². The molecule has 6 nitrogen and oxygen atoms in total. The van der Waals surface area contributed by atoms with E-state index in [2.05, 4.69) is 21.7 Å². The third-order valence-corrected chi connectivity index (χ3v) is 4.29. The minimum Gasteiger partial charge on any atom is -0.377 e. The van der Waals surface area contributed by atoms with Gasteiger partial charge in [0.05, 0.1) is 13.2 Å². The van der Waals surface area contributed by atoms with E-state index in [9.17, 15) is 4.79 Å². The molecule has 1 aliphatic rings. The van der Waals surface area contributed by atoms with Gasteiger partial charge in [-0.15, -0.1) is 10.2 Å². The van der Waals surface area contributed by atoms with E-state index in [4.69, 9.17) is 4.74 Å². The summed E-state index contributed by atoms with van der Waals surface area (Å²) in [4.78, 5) is 14.2. The standard InChI is InChI=1S/C18H24N4O2/c1-2-16-19-20-17-13-21(10-11-22(16)17)18(23)9-6-12-24-14-15-7-4-3-5-8-15/h3-5,7-8H,2,6,9-14H2,1H3. The summed E-state index contributed by atoms with van der Waals surface area (Å²) < 4.78 is 7.77. The molecule has 0 unspecified atom stereocenters. The van der Waals surface area contributed by atoms with Gasteiger partial charge in [-0.05, 0) is 12.0 Å². The van der Waals surface area contributed by atoms with Crippen molar-refractivity contribution < 1.29 is 9.53 Å². The molecule has 0 N–H and O–H groups in total. The number of fused-ring (bicyclic) bond motifs is 1. The zero-order valence-corrected chi connectivity index (χ0v) is 14.1. The molecule has 128 valence electrons. The van der Waals surface area contributed by atoms with E-state index in [0.717, 1.165) is 43.1 Å². The molecular weight excluding hydrogens is 304 g/mol. The lowest BCUT2D eigenvalue weighted by Gasteiger charge is -2.27. The first kappa shape index (κ1) is 16.6. The first-order valence-electron chi connectivity index (χ1n) is 8.58. The molecule has 0 fully saturated rings. The van der Waals surface area contributed by atoms with E-state index < -0.39 is 0 Å². The Morgan fingerprint density at radius 3 is 2.83 bits per heavy atom. The summed E-state index contributed by atoms with van der Waals surface area (Å²) in [5, 5.41) is 8.38. The van der Waals surface area contributed by atoms with Crippen LogP contribution < -0.4 is 0 Å². The number of nitrogens with zero attached hydrogens (tertiary/aromatic N) is 4. The average molecular weight is 328 g/mol. The summed E-state index contributed by atoms with van der Waals surface area (Å²) in [6.45, 7) is 5.37. The van der Waals surface area contributed by atoms with E-state index in [1.165, 1.54) is 0 Å². The Hall–Kier alpha value is -2.21. The summed E-state index contributed by atoms with van der Waals surface area (Å²) in [6.07, 6.45) is 2.14. The molecule has 24 heavy (non-hydrogen) atoms. The van der Waals surface area contributed by atoms with E-state index in [1.807, 2.05) is 35.2 Å². The maximum Gasteiger partial charge on any atom is 0.223 e. The van der Waals surface area contributed by atoms with Gasteiger partial charge < -0.3 is 14.2 Å². The van der Waals surface area contributed by atoms with Gasteiger partial charge in [-0.25, -0.2) is 0 Å². The molecule has 2 heterocycles. The number of hydrogen-bond acceptors (Lipinski definition) is 4. The maximum absolute atomic E-state index is 12.3. The molecule has 3 rings (SSSR count). The highest BCUT2D eigenvalue weighted by atomic mass is 16.5. The Morgan fingerprint density at radius 2 is 2.04 bits per heavy atom. The Kier molecular flexibility index (Phi) is 5.59. The molecule has 0 atom stereocenters. The highest BCUT2D eigenvalue weighted by Gasteiger charge is 2.23. The van der Waals surface area contributed by atoms with Crippen molar-refractivity contribution in [3.05, 3.63) is 47.5 Å². The summed E-state index contributed by atoms with van der Waals surface area (Å²) >= 11 is 0. The van der Waals surface area contributed by atoms with Crippen LogP contribution in [0.15, 0.2) is 30.3 Å². The number of ether oxygens (including phenoxy) is 1. The normalized spacial score (nSPS) is 13.8. The molecule has 1 aromatic heterocycles. The zero-order chi connectivity index (χ0) is 16.8. The van der Waals surface area contributed by atoms with E-state index in [0.29, 0.717) is 26.2 Å². The molecule has 0 radical (unpaired) electrons. The van der Waals surface area contributed by atoms with E-state index in [-0.39, 0.29) is 5.91 Å². The Bertz CT molecular complexity index is 669. The average Bonchev–Trinajstić information content (AvgIpc) is 3.04. The second-order valence-corrected chi connectivity index (χ2v) is 5.99. The van der Waals surface area contributed by atoms with Gasteiger partial charge in [0, 0.05) is 32.5 Å². The summed E-state index contributed by atoms with van der Waals surface area (Å²) in [5.74, 6) is 2.07. The van der Waals surface area contributed by atoms with Crippen molar-refractivity contribution in [3.8, 4) is 0 Å². The first-order valence-corrected chi connectivity index (χ1v) is 8.58. The van der Waals surface area contributed by atoms with Crippen molar-refractivity contribution >= 4 is 5.91 Å². The number of carbonyl (C=O) groups excluding carboxylic acids is 1. The van der Waals surface area contributed by atoms with Crippen LogP contribution in [0, 0.1) is 0 Å². The van der Waals surface area contributed by atoms with Crippen LogP contribution >= 0.6 is 0 Å². The van der Waals surface area contributed by atoms with Gasteiger partial charge in [-0.1, -0.05) is 37.3 Å². The largest absolute Gasteiger partial charge is 0.377 e. The second kappa shape index (κ2) is 8.06. The van der Waals surface area contributed by atoms with Gasteiger partial charge >= 0.3 is 0 Å². The fourth-order valence-electron chi connectivity index (χ4n) is 2.94. The molecule has 6 heteroatoms. The van der Waals surface area contributed by atoms with E-state index in [1.54, 1.807) is 0 Å². The quantitative estimate of drug-likeness (QED) is 0.731. The van der Waals surface area contributed by atoms with Crippen molar-refractivity contribution in [1.29, 1.82) is 0 Å². The molecular formula is C18H24N4O2. The third kappa shape index (κ3) is 4.00. The van der Waals surface area contributed by atoms with Crippen molar-refractivity contribution in [1.82, 2.24) is 19.7 Å². The highest BCUT2D eigenvalue weighted by molar-refractivity contribution is 5.76. The monoisotopic (exact) mass is 328 g/mol. The lowest BCUT2D eigenvalue weighted by atomic mass is 10.2. The minimum atomic E-state index is 0.172. The molecule has 0 saturated heterocycles. The van der Waals surface area contributed by atoms with E-state index >= 15 is 0 Å². The van der Waals surface area contributed by atoms with Crippen molar-refractivity contribution in [2.75, 3.05) is 13.2 Å². The zero-order valence-electron chi connectivity index (χ0n) is 14.1. The molecule has 0 saturated carbocycles. The number of aromatic nitrogens is 3. The SMILES string of the molecule is CCc1nnc2n1CCN(C(=O)CCCOCc1ccccc1)C2.